The van der Waals surface area contributed by atoms with E-state index in [0.717, 1.165) is 25.4 Å². The molecule has 3 heteroatoms. The molecule has 0 aliphatic carbocycles. The minimum atomic E-state index is 0.926. The van der Waals surface area contributed by atoms with Gasteiger partial charge in [-0.15, -0.1) is 0 Å². The van der Waals surface area contributed by atoms with Gasteiger partial charge in [0.05, 0.1) is 4.51 Å². The van der Waals surface area contributed by atoms with Crippen molar-refractivity contribution in [1.29, 1.82) is 0 Å². The van der Waals surface area contributed by atoms with Gasteiger partial charge in [-0.1, -0.05) is 28.1 Å². The normalized spacial score (nSPS) is 10.6. The van der Waals surface area contributed by atoms with Crippen molar-refractivity contribution in [2.45, 2.75) is 6.92 Å². The largest absolute Gasteiger partial charge is 0.361 e. The number of benzene rings is 1. The Morgan fingerprint density at radius 1 is 1.38 bits per heavy atom. The Morgan fingerprint density at radius 2 is 2.15 bits per heavy atom. The van der Waals surface area contributed by atoms with E-state index in [2.05, 4.69) is 20.9 Å². The van der Waals surface area contributed by atoms with E-state index in [1.807, 2.05) is 31.3 Å². The van der Waals surface area contributed by atoms with Crippen LogP contribution in [-0.2, 0) is 0 Å². The zero-order valence-corrected chi connectivity index (χ0v) is 9.50. The topological polar surface area (TPSA) is 15.8 Å². The molecule has 0 aliphatic heterocycles. The summed E-state index contributed by atoms with van der Waals surface area (Å²) in [5.74, 6) is 0. The van der Waals surface area contributed by atoms with Gasteiger partial charge >= 0.3 is 0 Å². The molecular weight excluding hydrogens is 246 g/mol. The van der Waals surface area contributed by atoms with Gasteiger partial charge in [-0.2, -0.15) is 0 Å². The molecule has 0 bridgehead atoms. The molecule has 66 valence electrons. The highest BCUT2D eigenvalue weighted by atomic mass is 79.9. The summed E-state index contributed by atoms with van der Waals surface area (Å²) in [4.78, 5) is 3.20. The summed E-state index contributed by atoms with van der Waals surface area (Å²) < 4.78 is 1.99. The highest BCUT2D eigenvalue weighted by molar-refractivity contribution is 9.10. The Hall–Kier alpha value is -0.670. The number of H-pyrrole nitrogens is 1. The number of rotatable bonds is 0. The molecule has 2 aromatic rings. The smallest absolute Gasteiger partial charge is 0.0514 e. The molecule has 0 saturated carbocycles. The Bertz CT molecular complexity index is 511. The molecule has 1 nitrogen and oxygen atoms in total. The maximum atomic E-state index is 5.31. The molecule has 0 saturated heterocycles. The number of hydrogen-bond acceptors (Lipinski definition) is 1. The fourth-order valence-corrected chi connectivity index (χ4v) is 1.88. The van der Waals surface area contributed by atoms with Gasteiger partial charge in [-0.25, -0.2) is 0 Å². The van der Waals surface area contributed by atoms with E-state index in [0.29, 0.717) is 0 Å². The Balaban J connectivity index is 2.97. The molecule has 0 fully saturated rings. The quantitative estimate of drug-likeness (QED) is 0.703. The SMILES string of the molecule is Cc1c[nH]c2ccc(Br)cc2c1=S. The van der Waals surface area contributed by atoms with E-state index in [4.69, 9.17) is 12.2 Å². The highest BCUT2D eigenvalue weighted by Crippen LogP contribution is 2.20. The number of pyridine rings is 1. The van der Waals surface area contributed by atoms with Gasteiger partial charge in [-0.3, -0.25) is 0 Å². The zero-order chi connectivity index (χ0) is 9.42. The average molecular weight is 254 g/mol. The first-order valence-electron chi connectivity index (χ1n) is 3.96. The maximum Gasteiger partial charge on any atom is 0.0514 e. The van der Waals surface area contributed by atoms with Crippen molar-refractivity contribution in [2.24, 2.45) is 0 Å². The molecule has 1 heterocycles. The van der Waals surface area contributed by atoms with Crippen molar-refractivity contribution in [3.8, 4) is 0 Å². The second-order valence-electron chi connectivity index (χ2n) is 2.99. The number of aryl methyl sites for hydroxylation is 1. The average Bonchev–Trinajstić information content (AvgIpc) is 2.12. The lowest BCUT2D eigenvalue weighted by Crippen LogP contribution is -1.83. The van der Waals surface area contributed by atoms with Gasteiger partial charge in [0.2, 0.25) is 0 Å². The van der Waals surface area contributed by atoms with Crippen LogP contribution in [-0.4, -0.2) is 4.98 Å². The predicted molar refractivity (Wildman–Crippen MR) is 61.6 cm³/mol. The van der Waals surface area contributed by atoms with E-state index in [-0.39, 0.29) is 0 Å². The summed E-state index contributed by atoms with van der Waals surface area (Å²) in [6.07, 6.45) is 1.94. The lowest BCUT2D eigenvalue weighted by atomic mass is 10.2. The van der Waals surface area contributed by atoms with Gasteiger partial charge in [0.25, 0.3) is 0 Å². The van der Waals surface area contributed by atoms with Gasteiger partial charge in [0.1, 0.15) is 0 Å². The molecule has 0 atom stereocenters. The zero-order valence-electron chi connectivity index (χ0n) is 7.10. The number of halogens is 1. The molecular formula is C10H8BrNS. The molecule has 2 rings (SSSR count). The second kappa shape index (κ2) is 3.24. The van der Waals surface area contributed by atoms with Crippen LogP contribution in [0.5, 0.6) is 0 Å². The fraction of sp³-hybridized carbons (Fsp3) is 0.100. The van der Waals surface area contributed by atoms with Crippen molar-refractivity contribution in [3.05, 3.63) is 38.9 Å². The number of aromatic amines is 1. The van der Waals surface area contributed by atoms with Gasteiger partial charge < -0.3 is 4.98 Å². The number of aromatic nitrogens is 1. The van der Waals surface area contributed by atoms with E-state index in [1.165, 1.54) is 0 Å². The molecule has 1 aromatic heterocycles. The maximum absolute atomic E-state index is 5.31. The molecule has 1 aromatic carbocycles. The predicted octanol–water partition coefficient (Wildman–Crippen LogP) is 3.97. The first kappa shape index (κ1) is 8.91. The van der Waals surface area contributed by atoms with Gasteiger partial charge in [0, 0.05) is 21.6 Å². The summed E-state index contributed by atoms with van der Waals surface area (Å²) in [7, 11) is 0. The third kappa shape index (κ3) is 1.54. The van der Waals surface area contributed by atoms with Crippen molar-refractivity contribution >= 4 is 39.1 Å². The monoisotopic (exact) mass is 253 g/mol. The van der Waals surface area contributed by atoms with E-state index >= 15 is 0 Å². The molecule has 0 amide bonds. The summed E-state index contributed by atoms with van der Waals surface area (Å²) >= 11 is 8.74. The van der Waals surface area contributed by atoms with Crippen LogP contribution in [0.15, 0.2) is 28.9 Å². The van der Waals surface area contributed by atoms with Crippen LogP contribution in [0, 0.1) is 11.4 Å². The molecule has 1 N–H and O–H groups in total. The summed E-state index contributed by atoms with van der Waals surface area (Å²) in [6, 6.07) is 6.07. The van der Waals surface area contributed by atoms with Crippen molar-refractivity contribution in [3.63, 3.8) is 0 Å². The third-order valence-electron chi connectivity index (χ3n) is 2.03. The van der Waals surface area contributed by atoms with Crippen molar-refractivity contribution in [1.82, 2.24) is 4.98 Å². The molecule has 0 radical (unpaired) electrons. The van der Waals surface area contributed by atoms with E-state index in [9.17, 15) is 0 Å². The third-order valence-corrected chi connectivity index (χ3v) is 3.06. The number of hydrogen-bond donors (Lipinski definition) is 1. The van der Waals surface area contributed by atoms with E-state index < -0.39 is 0 Å². The Labute approximate surface area is 89.9 Å². The molecule has 0 unspecified atom stereocenters. The lowest BCUT2D eigenvalue weighted by Gasteiger charge is -2.00. The summed E-state index contributed by atoms with van der Waals surface area (Å²) in [5, 5.41) is 1.10. The summed E-state index contributed by atoms with van der Waals surface area (Å²) in [5.41, 5.74) is 2.19. The van der Waals surface area contributed by atoms with Gasteiger partial charge in [-0.05, 0) is 30.7 Å². The van der Waals surface area contributed by atoms with E-state index in [1.54, 1.807) is 0 Å². The molecule has 13 heavy (non-hydrogen) atoms. The van der Waals surface area contributed by atoms with Crippen molar-refractivity contribution < 1.29 is 0 Å². The van der Waals surface area contributed by atoms with Gasteiger partial charge in [0.15, 0.2) is 0 Å². The van der Waals surface area contributed by atoms with Crippen LogP contribution in [0.1, 0.15) is 5.56 Å². The Kier molecular flexibility index (Phi) is 2.22. The first-order valence-corrected chi connectivity index (χ1v) is 5.16. The van der Waals surface area contributed by atoms with Crippen LogP contribution < -0.4 is 0 Å². The Morgan fingerprint density at radius 3 is 2.92 bits per heavy atom. The highest BCUT2D eigenvalue weighted by Gasteiger charge is 1.98. The minimum Gasteiger partial charge on any atom is -0.361 e. The lowest BCUT2D eigenvalue weighted by molar-refractivity contribution is 1.32. The summed E-state index contributed by atoms with van der Waals surface area (Å²) in [6.45, 7) is 2.01. The number of fused-ring (bicyclic) bond motifs is 1. The molecule has 0 spiro atoms. The minimum absolute atomic E-state index is 0.926. The van der Waals surface area contributed by atoms with Crippen LogP contribution in [0.4, 0.5) is 0 Å². The van der Waals surface area contributed by atoms with Crippen LogP contribution in [0.2, 0.25) is 0 Å². The second-order valence-corrected chi connectivity index (χ2v) is 4.31. The first-order chi connectivity index (χ1) is 6.18. The van der Waals surface area contributed by atoms with Crippen LogP contribution in [0.3, 0.4) is 0 Å². The van der Waals surface area contributed by atoms with Crippen molar-refractivity contribution in [2.75, 3.05) is 0 Å². The molecule has 0 aliphatic rings. The fourth-order valence-electron chi connectivity index (χ4n) is 1.29. The van der Waals surface area contributed by atoms with Crippen LogP contribution in [0.25, 0.3) is 10.9 Å². The van der Waals surface area contributed by atoms with Crippen LogP contribution >= 0.6 is 28.1 Å². The number of nitrogens with one attached hydrogen (secondary N) is 1. The standard InChI is InChI=1S/C10H8BrNS/c1-6-5-12-9-3-2-7(11)4-8(9)10(6)13/h2-5H,1H3,(H,12,13).